The van der Waals surface area contributed by atoms with Gasteiger partial charge < -0.3 is 18.6 Å². The second-order valence-electron chi connectivity index (χ2n) is 10.0. The average Bonchev–Trinajstić information content (AvgIpc) is 2.98. The molecule has 5 heteroatoms. The summed E-state index contributed by atoms with van der Waals surface area (Å²) in [6, 6.07) is 10.3. The number of rotatable bonds is 12. The van der Waals surface area contributed by atoms with Crippen molar-refractivity contribution in [3.8, 4) is 0 Å². The first-order valence-electron chi connectivity index (χ1n) is 11.9. The van der Waals surface area contributed by atoms with Gasteiger partial charge in [-0.1, -0.05) is 84.0 Å². The zero-order chi connectivity index (χ0) is 23.1. The van der Waals surface area contributed by atoms with Crippen LogP contribution in [0.2, 0.25) is 16.6 Å². The molecule has 1 heterocycles. The van der Waals surface area contributed by atoms with Crippen LogP contribution in [0.5, 0.6) is 0 Å². The average molecular weight is 449 g/mol. The van der Waals surface area contributed by atoms with Gasteiger partial charge in [0.1, 0.15) is 12.2 Å². The minimum atomic E-state index is -1.93. The minimum Gasteiger partial charge on any atom is -0.413 e. The maximum atomic E-state index is 6.79. The topological polar surface area (TPSA) is 36.9 Å². The van der Waals surface area contributed by atoms with Gasteiger partial charge in [0.25, 0.3) is 0 Å². The molecule has 4 nitrogen and oxygen atoms in total. The predicted molar refractivity (Wildman–Crippen MR) is 131 cm³/mol. The molecular formula is C26H44O4Si. The van der Waals surface area contributed by atoms with Crippen molar-refractivity contribution in [1.82, 2.24) is 0 Å². The van der Waals surface area contributed by atoms with Gasteiger partial charge in [-0.25, -0.2) is 0 Å². The molecule has 31 heavy (non-hydrogen) atoms. The highest BCUT2D eigenvalue weighted by Crippen LogP contribution is 2.43. The zero-order valence-electron chi connectivity index (χ0n) is 20.9. The van der Waals surface area contributed by atoms with Gasteiger partial charge in [0.2, 0.25) is 0 Å². The Balaban J connectivity index is 1.90. The summed E-state index contributed by atoms with van der Waals surface area (Å²) in [5.74, 6) is -0.593. The summed E-state index contributed by atoms with van der Waals surface area (Å²) < 4.78 is 25.0. The van der Waals surface area contributed by atoms with E-state index >= 15 is 0 Å². The lowest BCUT2D eigenvalue weighted by Crippen LogP contribution is -2.49. The van der Waals surface area contributed by atoms with Crippen LogP contribution < -0.4 is 0 Å². The van der Waals surface area contributed by atoms with E-state index in [1.807, 2.05) is 32.0 Å². The number of hydrogen-bond acceptors (Lipinski definition) is 4. The van der Waals surface area contributed by atoms with Crippen LogP contribution in [0.4, 0.5) is 0 Å². The van der Waals surface area contributed by atoms with Gasteiger partial charge in [-0.3, -0.25) is 0 Å². The fourth-order valence-corrected chi connectivity index (χ4v) is 10.5. The molecule has 1 saturated heterocycles. The van der Waals surface area contributed by atoms with Crippen molar-refractivity contribution in [2.45, 2.75) is 103 Å². The Labute approximate surface area is 191 Å². The highest BCUT2D eigenvalue weighted by atomic mass is 28.4. The number of ether oxygens (including phenoxy) is 3. The monoisotopic (exact) mass is 448 g/mol. The normalized spacial score (nSPS) is 21.8. The van der Waals surface area contributed by atoms with Crippen molar-refractivity contribution < 1.29 is 18.6 Å². The first-order valence-corrected chi connectivity index (χ1v) is 14.0. The number of hydrogen-bond donors (Lipinski definition) is 0. The third-order valence-corrected chi connectivity index (χ3v) is 12.4. The second-order valence-corrected chi connectivity index (χ2v) is 15.5. The molecule has 1 aliphatic heterocycles. The third-order valence-electron chi connectivity index (χ3n) is 6.29. The number of benzene rings is 1. The van der Waals surface area contributed by atoms with Gasteiger partial charge in [-0.15, -0.1) is 0 Å². The molecule has 0 bridgehead atoms. The van der Waals surface area contributed by atoms with E-state index in [1.165, 1.54) is 5.56 Å². The molecule has 1 aliphatic rings. The van der Waals surface area contributed by atoms with Crippen LogP contribution in [0.25, 0.3) is 0 Å². The molecule has 0 spiro atoms. The van der Waals surface area contributed by atoms with Gasteiger partial charge in [-0.2, -0.15) is 0 Å². The Morgan fingerprint density at radius 3 is 2.16 bits per heavy atom. The van der Waals surface area contributed by atoms with E-state index in [0.717, 1.165) is 6.42 Å². The van der Waals surface area contributed by atoms with Crippen molar-refractivity contribution >= 4 is 8.32 Å². The van der Waals surface area contributed by atoms with E-state index < -0.39 is 14.1 Å². The maximum Gasteiger partial charge on any atom is 0.200 e. The molecule has 0 radical (unpaired) electrons. The molecule has 0 aromatic heterocycles. The highest BCUT2D eigenvalue weighted by molar-refractivity contribution is 6.77. The van der Waals surface area contributed by atoms with Crippen molar-refractivity contribution in [2.75, 3.05) is 13.2 Å². The summed E-state index contributed by atoms with van der Waals surface area (Å²) in [6.07, 6.45) is 4.94. The molecule has 2 rings (SSSR count). The van der Waals surface area contributed by atoms with Crippen LogP contribution in [-0.4, -0.2) is 39.5 Å². The van der Waals surface area contributed by atoms with Gasteiger partial charge >= 0.3 is 0 Å². The van der Waals surface area contributed by atoms with E-state index in [-0.39, 0.29) is 12.2 Å². The molecule has 0 saturated carbocycles. The Morgan fingerprint density at radius 2 is 1.58 bits per heavy atom. The Morgan fingerprint density at radius 1 is 0.968 bits per heavy atom. The highest BCUT2D eigenvalue weighted by Gasteiger charge is 2.47. The van der Waals surface area contributed by atoms with E-state index in [0.29, 0.717) is 36.4 Å². The second kappa shape index (κ2) is 11.8. The Bertz CT molecular complexity index is 647. The standard InChI is InChI=1S/C26H44O4Si/c1-20(2)31(21(3)4,22(5)6)28-19-25-24(29-26(7,8)30-25)16-12-13-17-27-18-23-14-10-9-11-15-23/h9-12,14-16,20-22,24-25H,13,17-19H2,1-8H3/b16-12-/t24-,25-/m0/s1. The molecule has 0 unspecified atom stereocenters. The smallest absolute Gasteiger partial charge is 0.200 e. The molecule has 1 aromatic rings. The lowest BCUT2D eigenvalue weighted by atomic mass is 10.2. The molecule has 1 aromatic carbocycles. The van der Waals surface area contributed by atoms with Gasteiger partial charge in [0.05, 0.1) is 19.8 Å². The van der Waals surface area contributed by atoms with Crippen LogP contribution in [0.3, 0.4) is 0 Å². The summed E-state index contributed by atoms with van der Waals surface area (Å²) >= 11 is 0. The van der Waals surface area contributed by atoms with Crippen LogP contribution >= 0.6 is 0 Å². The molecule has 176 valence electrons. The van der Waals surface area contributed by atoms with Crippen molar-refractivity contribution in [3.05, 3.63) is 48.0 Å². The molecular weight excluding hydrogens is 404 g/mol. The molecule has 0 amide bonds. The third kappa shape index (κ3) is 7.26. The molecule has 0 N–H and O–H groups in total. The van der Waals surface area contributed by atoms with E-state index in [2.05, 4.69) is 65.8 Å². The Kier molecular flexibility index (Phi) is 9.96. The van der Waals surface area contributed by atoms with E-state index in [9.17, 15) is 0 Å². The van der Waals surface area contributed by atoms with Gasteiger partial charge in [-0.05, 0) is 42.5 Å². The largest absolute Gasteiger partial charge is 0.413 e. The van der Waals surface area contributed by atoms with Crippen molar-refractivity contribution in [2.24, 2.45) is 0 Å². The summed E-state index contributed by atoms with van der Waals surface area (Å²) in [6.45, 7) is 19.8. The minimum absolute atomic E-state index is 0.0837. The van der Waals surface area contributed by atoms with Crippen molar-refractivity contribution in [1.29, 1.82) is 0 Å². The molecule has 2 atom stereocenters. The van der Waals surface area contributed by atoms with Crippen LogP contribution in [0.1, 0.15) is 67.4 Å². The maximum absolute atomic E-state index is 6.79. The van der Waals surface area contributed by atoms with Crippen LogP contribution in [0, 0.1) is 0 Å². The van der Waals surface area contributed by atoms with Crippen molar-refractivity contribution in [3.63, 3.8) is 0 Å². The lowest BCUT2D eigenvalue weighted by molar-refractivity contribution is -0.145. The summed E-state index contributed by atoms with van der Waals surface area (Å²) in [4.78, 5) is 0. The fraction of sp³-hybridized carbons (Fsp3) is 0.692. The lowest BCUT2D eigenvalue weighted by Gasteiger charge is -2.42. The summed E-state index contributed by atoms with van der Waals surface area (Å²) in [5, 5.41) is 0. The first-order chi connectivity index (χ1) is 14.6. The zero-order valence-corrected chi connectivity index (χ0v) is 21.9. The summed E-state index contributed by atoms with van der Waals surface area (Å²) in [5.41, 5.74) is 2.86. The molecule has 1 fully saturated rings. The Hall–Kier alpha value is -0.983. The first kappa shape index (κ1) is 26.3. The predicted octanol–water partition coefficient (Wildman–Crippen LogP) is 6.86. The van der Waals surface area contributed by atoms with Gasteiger partial charge in [0, 0.05) is 0 Å². The summed E-state index contributed by atoms with van der Waals surface area (Å²) in [7, 11) is -1.93. The fourth-order valence-electron chi connectivity index (χ4n) is 5.03. The molecule has 0 aliphatic carbocycles. The van der Waals surface area contributed by atoms with E-state index in [4.69, 9.17) is 18.6 Å². The SMILES string of the molecule is CC(C)[Si](OC[C@@H]1OC(C)(C)O[C@H]1/C=C\CCOCc1ccccc1)(C(C)C)C(C)C. The van der Waals surface area contributed by atoms with Crippen LogP contribution in [-0.2, 0) is 25.2 Å². The van der Waals surface area contributed by atoms with Gasteiger partial charge in [0.15, 0.2) is 14.1 Å². The quantitative estimate of drug-likeness (QED) is 0.199. The van der Waals surface area contributed by atoms with Crippen LogP contribution in [0.15, 0.2) is 42.5 Å². The van der Waals surface area contributed by atoms with E-state index in [1.54, 1.807) is 0 Å².